The molecule has 2 amide bonds. The lowest BCUT2D eigenvalue weighted by molar-refractivity contribution is -0.126. The van der Waals surface area contributed by atoms with Crippen molar-refractivity contribution in [3.8, 4) is 0 Å². The second kappa shape index (κ2) is 14.9. The summed E-state index contributed by atoms with van der Waals surface area (Å²) in [5.41, 5.74) is 2.75. The first-order chi connectivity index (χ1) is 20.9. The molecule has 10 nitrogen and oxygen atoms in total. The molecule has 2 aromatic heterocycles. The lowest BCUT2D eigenvalue weighted by Crippen LogP contribution is -2.43. The van der Waals surface area contributed by atoms with Crippen molar-refractivity contribution in [2.75, 3.05) is 63.2 Å². The van der Waals surface area contributed by atoms with E-state index >= 15 is 0 Å². The molecule has 2 fully saturated rings. The summed E-state index contributed by atoms with van der Waals surface area (Å²) >= 11 is 0. The molecule has 10 heteroatoms. The molecule has 0 radical (unpaired) electrons. The summed E-state index contributed by atoms with van der Waals surface area (Å²) in [5, 5.41) is 6.21. The Morgan fingerprint density at radius 2 is 1.50 bits per heavy atom. The molecule has 242 valence electrons. The van der Waals surface area contributed by atoms with Gasteiger partial charge < -0.3 is 20.1 Å². The topological polar surface area (TPSA) is 109 Å². The fourth-order valence-electron chi connectivity index (χ4n) is 5.55. The summed E-state index contributed by atoms with van der Waals surface area (Å²) in [6.45, 7) is 20.8. The first-order valence-corrected chi connectivity index (χ1v) is 16.1. The van der Waals surface area contributed by atoms with E-state index in [-0.39, 0.29) is 17.9 Å². The molecule has 0 aliphatic carbocycles. The van der Waals surface area contributed by atoms with Crippen LogP contribution in [0.15, 0.2) is 24.3 Å². The van der Waals surface area contributed by atoms with Gasteiger partial charge in [0.1, 0.15) is 11.6 Å². The number of amides is 2. The fraction of sp³-hybridized carbons (Fsp3) is 0.647. The Kier molecular flexibility index (Phi) is 11.5. The van der Waals surface area contributed by atoms with Crippen molar-refractivity contribution in [2.24, 2.45) is 10.8 Å². The molecule has 4 heterocycles. The van der Waals surface area contributed by atoms with Gasteiger partial charge in [-0.15, -0.1) is 0 Å². The third-order valence-corrected chi connectivity index (χ3v) is 9.45. The number of aryl methyl sites for hydroxylation is 2. The summed E-state index contributed by atoms with van der Waals surface area (Å²) in [4.78, 5) is 41.6. The van der Waals surface area contributed by atoms with Gasteiger partial charge in [-0.3, -0.25) is 19.4 Å². The Balaban J connectivity index is 1.57. The second-order valence-electron chi connectivity index (χ2n) is 13.2. The van der Waals surface area contributed by atoms with Crippen LogP contribution in [0.2, 0.25) is 0 Å². The Morgan fingerprint density at radius 3 is 2.14 bits per heavy atom. The highest BCUT2D eigenvalue weighted by Crippen LogP contribution is 2.38. The Hall–Kier alpha value is -2.92. The number of morpholine rings is 2. The molecule has 2 aliphatic rings. The number of anilines is 2. The molecule has 2 unspecified atom stereocenters. The van der Waals surface area contributed by atoms with E-state index in [1.165, 1.54) is 0 Å². The maximum absolute atomic E-state index is 14.0. The largest absolute Gasteiger partial charge is 0.379 e. The van der Waals surface area contributed by atoms with Gasteiger partial charge in [0.15, 0.2) is 0 Å². The van der Waals surface area contributed by atoms with Crippen LogP contribution in [0.4, 0.5) is 11.6 Å². The second-order valence-corrected chi connectivity index (χ2v) is 13.2. The lowest BCUT2D eigenvalue weighted by Gasteiger charge is -2.39. The predicted molar refractivity (Wildman–Crippen MR) is 174 cm³/mol. The zero-order valence-electron chi connectivity index (χ0n) is 27.8. The van der Waals surface area contributed by atoms with Crippen LogP contribution in [0.3, 0.4) is 0 Å². The molecule has 44 heavy (non-hydrogen) atoms. The zero-order valence-corrected chi connectivity index (χ0v) is 27.8. The molecule has 0 saturated carbocycles. The van der Waals surface area contributed by atoms with Crippen molar-refractivity contribution in [3.63, 3.8) is 0 Å². The molecular weight excluding hydrogens is 556 g/mol. The van der Waals surface area contributed by atoms with Crippen molar-refractivity contribution >= 4 is 23.5 Å². The van der Waals surface area contributed by atoms with Crippen LogP contribution in [0, 0.1) is 24.7 Å². The molecule has 2 N–H and O–H groups in total. The van der Waals surface area contributed by atoms with E-state index in [1.54, 1.807) is 0 Å². The molecule has 0 bridgehead atoms. The van der Waals surface area contributed by atoms with Gasteiger partial charge in [-0.2, -0.15) is 0 Å². The van der Waals surface area contributed by atoms with Crippen LogP contribution in [-0.4, -0.2) is 84.2 Å². The van der Waals surface area contributed by atoms with Crippen LogP contribution in [-0.2, 0) is 25.6 Å². The minimum Gasteiger partial charge on any atom is -0.379 e. The Bertz CT molecular complexity index is 1290. The number of carbonyl (C=O) groups is 2. The third-order valence-electron chi connectivity index (χ3n) is 9.45. The molecule has 2 atom stereocenters. The van der Waals surface area contributed by atoms with E-state index in [0.29, 0.717) is 37.7 Å². The summed E-state index contributed by atoms with van der Waals surface area (Å²) < 4.78 is 11.2. The van der Waals surface area contributed by atoms with Crippen molar-refractivity contribution < 1.29 is 19.1 Å². The van der Waals surface area contributed by atoms with Gasteiger partial charge in [-0.05, 0) is 62.4 Å². The SMILES string of the molecule is CCC(C)(C)C(=O)Nc1cc(C)cc(C(CC(C)(CC)C(=O)Nc2ccc(C)c(CN3CCOCC3)n2)N2CCOCC2)n1. The van der Waals surface area contributed by atoms with Crippen LogP contribution >= 0.6 is 0 Å². The van der Waals surface area contributed by atoms with Gasteiger partial charge in [-0.25, -0.2) is 9.97 Å². The van der Waals surface area contributed by atoms with Crippen molar-refractivity contribution in [2.45, 2.75) is 80.3 Å². The predicted octanol–water partition coefficient (Wildman–Crippen LogP) is 5.12. The molecule has 0 spiro atoms. The summed E-state index contributed by atoms with van der Waals surface area (Å²) in [5.74, 6) is 1.01. The highest BCUT2D eigenvalue weighted by atomic mass is 16.5. The monoisotopic (exact) mass is 608 g/mol. The van der Waals surface area contributed by atoms with E-state index in [9.17, 15) is 9.59 Å². The summed E-state index contributed by atoms with van der Waals surface area (Å²) in [7, 11) is 0. The maximum Gasteiger partial charge on any atom is 0.231 e. The van der Waals surface area contributed by atoms with Crippen molar-refractivity contribution in [3.05, 3.63) is 46.8 Å². The standard InChI is InChI=1S/C34H52N6O4/c1-8-33(5,6)31(41)38-30-21-24(3)20-26(35-30)28(40-14-18-44-19-15-40)22-34(7,9-2)32(42)37-29-11-10-25(4)27(36-29)23-39-12-16-43-17-13-39/h10-11,20-21,28H,8-9,12-19,22-23H2,1-7H3,(H,35,38,41)(H,36,37,42). The van der Waals surface area contributed by atoms with Crippen molar-refractivity contribution in [1.29, 1.82) is 0 Å². The summed E-state index contributed by atoms with van der Waals surface area (Å²) in [6.07, 6.45) is 1.93. The van der Waals surface area contributed by atoms with Crippen LogP contribution in [0.1, 0.15) is 82.4 Å². The van der Waals surface area contributed by atoms with E-state index in [4.69, 9.17) is 19.4 Å². The molecule has 0 aromatic carbocycles. The highest BCUT2D eigenvalue weighted by molar-refractivity contribution is 5.95. The van der Waals surface area contributed by atoms with Gasteiger partial charge in [-0.1, -0.05) is 40.7 Å². The number of nitrogens with zero attached hydrogens (tertiary/aromatic N) is 4. The number of ether oxygens (including phenoxy) is 2. The fourth-order valence-corrected chi connectivity index (χ4v) is 5.55. The first kappa shape index (κ1) is 34.0. The van der Waals surface area contributed by atoms with Gasteiger partial charge in [0.25, 0.3) is 0 Å². The number of nitrogens with one attached hydrogen (secondary N) is 2. The number of hydrogen-bond acceptors (Lipinski definition) is 8. The average Bonchev–Trinajstić information content (AvgIpc) is 3.02. The van der Waals surface area contributed by atoms with E-state index < -0.39 is 10.8 Å². The van der Waals surface area contributed by atoms with Crippen LogP contribution in [0.25, 0.3) is 0 Å². The molecule has 2 aromatic rings. The third kappa shape index (κ3) is 8.62. The van der Waals surface area contributed by atoms with Crippen LogP contribution < -0.4 is 10.6 Å². The van der Waals surface area contributed by atoms with Crippen molar-refractivity contribution in [1.82, 2.24) is 19.8 Å². The normalized spacial score (nSPS) is 18.8. The minimum absolute atomic E-state index is 0.0525. The smallest absolute Gasteiger partial charge is 0.231 e. The molecule has 2 saturated heterocycles. The molecule has 2 aliphatic heterocycles. The van der Waals surface area contributed by atoms with Gasteiger partial charge >= 0.3 is 0 Å². The van der Waals surface area contributed by atoms with E-state index in [2.05, 4.69) is 40.3 Å². The number of carbonyl (C=O) groups excluding carboxylic acids is 2. The quantitative estimate of drug-likeness (QED) is 0.342. The molecule has 4 rings (SSSR count). The van der Waals surface area contributed by atoms with Crippen LogP contribution in [0.5, 0.6) is 0 Å². The van der Waals surface area contributed by atoms with Gasteiger partial charge in [0.2, 0.25) is 11.8 Å². The molecular formula is C34H52N6O4. The highest BCUT2D eigenvalue weighted by Gasteiger charge is 2.38. The number of rotatable bonds is 12. The lowest BCUT2D eigenvalue weighted by atomic mass is 9.78. The minimum atomic E-state index is -0.695. The van der Waals surface area contributed by atoms with Gasteiger partial charge in [0.05, 0.1) is 43.9 Å². The van der Waals surface area contributed by atoms with E-state index in [0.717, 1.165) is 74.9 Å². The Labute approximate surface area is 263 Å². The number of aromatic nitrogens is 2. The number of hydrogen-bond donors (Lipinski definition) is 2. The Morgan fingerprint density at radius 1 is 0.864 bits per heavy atom. The summed E-state index contributed by atoms with van der Waals surface area (Å²) in [6, 6.07) is 7.78. The average molecular weight is 609 g/mol. The maximum atomic E-state index is 14.0. The first-order valence-electron chi connectivity index (χ1n) is 16.1. The zero-order chi connectivity index (χ0) is 31.9. The van der Waals surface area contributed by atoms with E-state index in [1.807, 2.05) is 52.8 Å². The van der Waals surface area contributed by atoms with Gasteiger partial charge in [0, 0.05) is 43.6 Å². The number of pyridine rings is 2.